The van der Waals surface area contributed by atoms with Crippen molar-refractivity contribution in [3.05, 3.63) is 53.9 Å². The minimum atomic E-state index is 0.108. The Bertz CT molecular complexity index is 829. The van der Waals surface area contributed by atoms with Gasteiger partial charge in [-0.15, -0.1) is 0 Å². The molecule has 0 bridgehead atoms. The summed E-state index contributed by atoms with van der Waals surface area (Å²) in [6, 6.07) is 10.8. The van der Waals surface area contributed by atoms with Crippen LogP contribution >= 0.6 is 0 Å². The molecule has 3 aromatic rings. The van der Waals surface area contributed by atoms with Gasteiger partial charge in [0.15, 0.2) is 0 Å². The molecule has 1 aromatic carbocycles. The fourth-order valence-corrected chi connectivity index (χ4v) is 3.44. The van der Waals surface area contributed by atoms with Crippen LogP contribution in [0.1, 0.15) is 31.0 Å². The standard InChI is InChI=1S/C18H19N3/c1-18(2)9-15-13(4-3-5-14(15)16(18)19)12-8-11-6-7-20-17(11)21-10-12/h3-8,10,16H,9,19H2,1-2H3,(H,20,21). The van der Waals surface area contributed by atoms with Crippen molar-refractivity contribution in [2.75, 3.05) is 0 Å². The van der Waals surface area contributed by atoms with Gasteiger partial charge < -0.3 is 10.7 Å². The van der Waals surface area contributed by atoms with Crippen LogP contribution in [0.5, 0.6) is 0 Å². The van der Waals surface area contributed by atoms with Crippen LogP contribution in [-0.2, 0) is 6.42 Å². The van der Waals surface area contributed by atoms with E-state index in [-0.39, 0.29) is 11.5 Å². The molecular formula is C18H19N3. The molecule has 1 atom stereocenters. The summed E-state index contributed by atoms with van der Waals surface area (Å²) in [5, 5.41) is 1.15. The van der Waals surface area contributed by atoms with Gasteiger partial charge in [0, 0.05) is 29.4 Å². The molecule has 2 aromatic heterocycles. The fourth-order valence-electron chi connectivity index (χ4n) is 3.44. The first-order valence-corrected chi connectivity index (χ1v) is 7.37. The summed E-state index contributed by atoms with van der Waals surface area (Å²) in [4.78, 5) is 7.65. The fraction of sp³-hybridized carbons (Fsp3) is 0.278. The summed E-state index contributed by atoms with van der Waals surface area (Å²) in [6.07, 6.45) is 4.89. The van der Waals surface area contributed by atoms with Crippen molar-refractivity contribution in [1.29, 1.82) is 0 Å². The number of hydrogen-bond donors (Lipinski definition) is 2. The predicted octanol–water partition coefficient (Wildman–Crippen LogP) is 3.81. The summed E-state index contributed by atoms with van der Waals surface area (Å²) in [6.45, 7) is 4.49. The Hall–Kier alpha value is -2.13. The zero-order chi connectivity index (χ0) is 14.6. The van der Waals surface area contributed by atoms with E-state index in [4.69, 9.17) is 5.73 Å². The molecule has 3 N–H and O–H groups in total. The molecule has 106 valence electrons. The molecule has 1 aliphatic carbocycles. The average molecular weight is 277 g/mol. The molecule has 1 unspecified atom stereocenters. The Morgan fingerprint density at radius 3 is 3.00 bits per heavy atom. The highest BCUT2D eigenvalue weighted by atomic mass is 14.8. The smallest absolute Gasteiger partial charge is 0.137 e. The summed E-state index contributed by atoms with van der Waals surface area (Å²) >= 11 is 0. The van der Waals surface area contributed by atoms with E-state index in [0.717, 1.165) is 17.5 Å². The van der Waals surface area contributed by atoms with Gasteiger partial charge in [-0.3, -0.25) is 0 Å². The van der Waals surface area contributed by atoms with E-state index in [2.05, 4.69) is 54.1 Å². The van der Waals surface area contributed by atoms with Gasteiger partial charge in [-0.1, -0.05) is 32.0 Å². The number of pyridine rings is 1. The Balaban J connectivity index is 1.91. The molecule has 0 fully saturated rings. The first kappa shape index (κ1) is 12.6. The Labute approximate surface area is 124 Å². The molecule has 2 heterocycles. The third-order valence-corrected chi connectivity index (χ3v) is 4.73. The number of hydrogen-bond acceptors (Lipinski definition) is 2. The molecular weight excluding hydrogens is 258 g/mol. The molecule has 0 spiro atoms. The molecule has 3 nitrogen and oxygen atoms in total. The minimum absolute atomic E-state index is 0.108. The van der Waals surface area contributed by atoms with Gasteiger partial charge in [0.2, 0.25) is 0 Å². The highest BCUT2D eigenvalue weighted by molar-refractivity contribution is 5.82. The zero-order valence-electron chi connectivity index (χ0n) is 12.4. The quantitative estimate of drug-likeness (QED) is 0.710. The van der Waals surface area contributed by atoms with Gasteiger partial charge >= 0.3 is 0 Å². The molecule has 0 radical (unpaired) electrons. The van der Waals surface area contributed by atoms with Crippen LogP contribution in [0.2, 0.25) is 0 Å². The van der Waals surface area contributed by atoms with Crippen molar-refractivity contribution < 1.29 is 0 Å². The van der Waals surface area contributed by atoms with Gasteiger partial charge in [-0.2, -0.15) is 0 Å². The molecule has 4 rings (SSSR count). The van der Waals surface area contributed by atoms with E-state index in [0.29, 0.717) is 0 Å². The largest absolute Gasteiger partial charge is 0.346 e. The van der Waals surface area contributed by atoms with E-state index >= 15 is 0 Å². The summed E-state index contributed by atoms with van der Waals surface area (Å²) < 4.78 is 0. The maximum Gasteiger partial charge on any atom is 0.137 e. The second-order valence-electron chi connectivity index (χ2n) is 6.66. The highest BCUT2D eigenvalue weighted by Gasteiger charge is 2.37. The summed E-state index contributed by atoms with van der Waals surface area (Å²) in [5.41, 5.74) is 12.6. The minimum Gasteiger partial charge on any atom is -0.346 e. The number of nitrogens with two attached hydrogens (primary N) is 1. The molecule has 21 heavy (non-hydrogen) atoms. The van der Waals surface area contributed by atoms with Gasteiger partial charge in [0.05, 0.1) is 0 Å². The topological polar surface area (TPSA) is 54.7 Å². The summed E-state index contributed by atoms with van der Waals surface area (Å²) in [7, 11) is 0. The van der Waals surface area contributed by atoms with Gasteiger partial charge in [-0.25, -0.2) is 4.98 Å². The molecule has 0 saturated carbocycles. The molecule has 0 aliphatic heterocycles. The van der Waals surface area contributed by atoms with E-state index < -0.39 is 0 Å². The van der Waals surface area contributed by atoms with Crippen molar-refractivity contribution in [3.63, 3.8) is 0 Å². The maximum atomic E-state index is 6.42. The van der Waals surface area contributed by atoms with Crippen LogP contribution in [0.25, 0.3) is 22.2 Å². The van der Waals surface area contributed by atoms with Gasteiger partial charge in [-0.05, 0) is 40.7 Å². The first-order chi connectivity index (χ1) is 10.1. The normalized spacial score (nSPS) is 19.9. The van der Waals surface area contributed by atoms with Crippen molar-refractivity contribution >= 4 is 11.0 Å². The first-order valence-electron chi connectivity index (χ1n) is 7.37. The number of rotatable bonds is 1. The van der Waals surface area contributed by atoms with Crippen LogP contribution in [0.15, 0.2) is 42.7 Å². The van der Waals surface area contributed by atoms with E-state index in [1.807, 2.05) is 12.4 Å². The Morgan fingerprint density at radius 2 is 2.14 bits per heavy atom. The van der Waals surface area contributed by atoms with Crippen LogP contribution in [-0.4, -0.2) is 9.97 Å². The zero-order valence-corrected chi connectivity index (χ0v) is 12.4. The SMILES string of the molecule is CC1(C)Cc2c(-c3cnc4[nH]ccc4c3)cccc2C1N. The Kier molecular flexibility index (Phi) is 2.51. The lowest BCUT2D eigenvalue weighted by atomic mass is 9.86. The van der Waals surface area contributed by atoms with Crippen molar-refractivity contribution in [1.82, 2.24) is 9.97 Å². The second kappa shape index (κ2) is 4.18. The van der Waals surface area contributed by atoms with Crippen LogP contribution in [0, 0.1) is 5.41 Å². The van der Waals surface area contributed by atoms with Crippen LogP contribution in [0.3, 0.4) is 0 Å². The number of nitrogens with one attached hydrogen (secondary N) is 1. The summed E-state index contributed by atoms with van der Waals surface area (Å²) in [5.74, 6) is 0. The molecule has 0 amide bonds. The lowest BCUT2D eigenvalue weighted by Gasteiger charge is -2.23. The van der Waals surface area contributed by atoms with Crippen LogP contribution in [0.4, 0.5) is 0 Å². The number of H-pyrrole nitrogens is 1. The Morgan fingerprint density at radius 1 is 1.29 bits per heavy atom. The average Bonchev–Trinajstić information content (AvgIpc) is 3.01. The lowest BCUT2D eigenvalue weighted by Crippen LogP contribution is -2.24. The number of nitrogens with zero attached hydrogens (tertiary/aromatic N) is 1. The van der Waals surface area contributed by atoms with Crippen molar-refractivity contribution in [2.45, 2.75) is 26.3 Å². The highest BCUT2D eigenvalue weighted by Crippen LogP contribution is 2.46. The van der Waals surface area contributed by atoms with Gasteiger partial charge in [0.25, 0.3) is 0 Å². The van der Waals surface area contributed by atoms with E-state index in [1.54, 1.807) is 0 Å². The molecule has 3 heteroatoms. The molecule has 0 saturated heterocycles. The number of aromatic amines is 1. The van der Waals surface area contributed by atoms with Crippen molar-refractivity contribution in [2.24, 2.45) is 11.1 Å². The van der Waals surface area contributed by atoms with E-state index in [1.165, 1.54) is 22.3 Å². The monoisotopic (exact) mass is 277 g/mol. The number of aromatic nitrogens is 2. The second-order valence-corrected chi connectivity index (χ2v) is 6.66. The van der Waals surface area contributed by atoms with Gasteiger partial charge in [0.1, 0.15) is 5.65 Å². The number of benzene rings is 1. The maximum absolute atomic E-state index is 6.42. The van der Waals surface area contributed by atoms with E-state index in [9.17, 15) is 0 Å². The predicted molar refractivity (Wildman–Crippen MR) is 85.9 cm³/mol. The third kappa shape index (κ3) is 1.81. The van der Waals surface area contributed by atoms with Crippen molar-refractivity contribution in [3.8, 4) is 11.1 Å². The third-order valence-electron chi connectivity index (χ3n) is 4.73. The molecule has 1 aliphatic rings. The lowest BCUT2D eigenvalue weighted by molar-refractivity contribution is 0.319. The number of fused-ring (bicyclic) bond motifs is 2. The van der Waals surface area contributed by atoms with Crippen LogP contribution < -0.4 is 5.73 Å².